The maximum absolute atomic E-state index is 7.15. The number of hydrogen-bond donors (Lipinski definition) is 3. The number of nitrogens with two attached hydrogens (primary N) is 1. The first-order valence-corrected chi connectivity index (χ1v) is 4.21. The van der Waals surface area contributed by atoms with Gasteiger partial charge in [0.05, 0.1) is 0 Å². The minimum absolute atomic E-state index is 0.0277. The van der Waals surface area contributed by atoms with Gasteiger partial charge in [-0.3, -0.25) is 10.4 Å². The molecule has 1 aromatic carbocycles. The van der Waals surface area contributed by atoms with Gasteiger partial charge in [0, 0.05) is 5.02 Å². The minimum atomic E-state index is 0.0277. The van der Waals surface area contributed by atoms with Crippen LogP contribution in [0.4, 0.5) is 0 Å². The summed E-state index contributed by atoms with van der Waals surface area (Å²) in [5, 5.41) is 9.43. The number of rotatable bonds is 1. The average molecular weight is 197 g/mol. The molecule has 1 saturated heterocycles. The quantitative estimate of drug-likeness (QED) is 0.357. The third-order valence-corrected chi connectivity index (χ3v) is 2.15. The minimum Gasteiger partial charge on any atom is -0.369 e. The lowest BCUT2D eigenvalue weighted by Gasteiger charge is -1.98. The summed E-state index contributed by atoms with van der Waals surface area (Å²) >= 11 is 5.73. The van der Waals surface area contributed by atoms with Crippen molar-refractivity contribution in [3.8, 4) is 0 Å². The van der Waals surface area contributed by atoms with Gasteiger partial charge in [0.15, 0.2) is 0 Å². The van der Waals surface area contributed by atoms with Gasteiger partial charge in [-0.2, -0.15) is 0 Å². The van der Waals surface area contributed by atoms with Crippen LogP contribution in [-0.4, -0.2) is 11.0 Å². The summed E-state index contributed by atoms with van der Waals surface area (Å²) in [6.07, 6.45) is 0.0368. The summed E-state index contributed by atoms with van der Waals surface area (Å²) in [7, 11) is 0. The maximum atomic E-state index is 7.15. The molecule has 0 aromatic heterocycles. The lowest BCUT2D eigenvalue weighted by Crippen LogP contribution is -2.22. The van der Waals surface area contributed by atoms with Gasteiger partial charge >= 0.3 is 0 Å². The molecule has 0 spiro atoms. The van der Waals surface area contributed by atoms with Gasteiger partial charge in [-0.1, -0.05) is 23.7 Å². The van der Waals surface area contributed by atoms with Crippen LogP contribution in [0.1, 0.15) is 11.7 Å². The molecule has 1 fully saturated rings. The van der Waals surface area contributed by atoms with E-state index in [4.69, 9.17) is 22.7 Å². The van der Waals surface area contributed by atoms with E-state index in [2.05, 4.69) is 5.43 Å². The molecule has 13 heavy (non-hydrogen) atoms. The molecule has 1 aliphatic heterocycles. The second-order valence-corrected chi connectivity index (χ2v) is 3.27. The van der Waals surface area contributed by atoms with Crippen LogP contribution < -0.4 is 11.2 Å². The molecule has 4 nitrogen and oxygen atoms in total. The Balaban J connectivity index is 2.12. The maximum Gasteiger partial charge on any atom is 0.205 e. The smallest absolute Gasteiger partial charge is 0.205 e. The van der Waals surface area contributed by atoms with Crippen LogP contribution in [0.5, 0.6) is 0 Å². The van der Waals surface area contributed by atoms with E-state index in [-0.39, 0.29) is 12.1 Å². The first-order chi connectivity index (χ1) is 6.18. The molecule has 0 aliphatic carbocycles. The summed E-state index contributed by atoms with van der Waals surface area (Å²) in [6.45, 7) is 0. The highest BCUT2D eigenvalue weighted by Gasteiger charge is 2.35. The van der Waals surface area contributed by atoms with Crippen molar-refractivity contribution in [3.05, 3.63) is 34.9 Å². The molecule has 1 aliphatic rings. The highest BCUT2D eigenvalue weighted by Crippen LogP contribution is 2.27. The number of nitrogens with zero attached hydrogens (tertiary/aromatic N) is 1. The second kappa shape index (κ2) is 2.90. The number of guanidine groups is 1. The molecule has 0 amide bonds. The molecule has 2 rings (SSSR count). The SMILES string of the molecule is N=C(N)N1NC1c1ccc(Cl)cc1. The molecule has 0 bridgehead atoms. The fourth-order valence-corrected chi connectivity index (χ4v) is 1.30. The van der Waals surface area contributed by atoms with Gasteiger partial charge in [0.1, 0.15) is 6.17 Å². The molecular formula is C8H9ClN4. The normalized spacial score (nSPS) is 20.1. The van der Waals surface area contributed by atoms with Crippen LogP contribution in [0.25, 0.3) is 0 Å². The fourth-order valence-electron chi connectivity index (χ4n) is 1.18. The first kappa shape index (κ1) is 8.34. The van der Waals surface area contributed by atoms with Crippen LogP contribution in [0.15, 0.2) is 24.3 Å². The Morgan fingerprint density at radius 2 is 2.08 bits per heavy atom. The Labute approximate surface area is 80.8 Å². The van der Waals surface area contributed by atoms with Gasteiger partial charge in [0.25, 0.3) is 0 Å². The molecular weight excluding hydrogens is 188 g/mol. The Bertz CT molecular complexity index is 335. The third-order valence-electron chi connectivity index (χ3n) is 1.90. The van der Waals surface area contributed by atoms with Gasteiger partial charge < -0.3 is 5.73 Å². The predicted octanol–water partition coefficient (Wildman–Crippen LogP) is 1.05. The van der Waals surface area contributed by atoms with E-state index in [0.29, 0.717) is 5.02 Å². The van der Waals surface area contributed by atoms with Crippen molar-refractivity contribution >= 4 is 17.6 Å². The van der Waals surface area contributed by atoms with E-state index in [9.17, 15) is 0 Å². The monoisotopic (exact) mass is 196 g/mol. The highest BCUT2D eigenvalue weighted by atomic mass is 35.5. The van der Waals surface area contributed by atoms with Crippen LogP contribution >= 0.6 is 11.6 Å². The Kier molecular flexibility index (Phi) is 1.86. The highest BCUT2D eigenvalue weighted by molar-refractivity contribution is 6.30. The molecule has 1 unspecified atom stereocenters. The number of nitrogens with one attached hydrogen (secondary N) is 2. The number of halogens is 1. The second-order valence-electron chi connectivity index (χ2n) is 2.84. The van der Waals surface area contributed by atoms with Crippen LogP contribution in [0, 0.1) is 5.41 Å². The summed E-state index contributed by atoms with van der Waals surface area (Å²) in [5.74, 6) is 0.0277. The fraction of sp³-hybridized carbons (Fsp3) is 0.125. The zero-order valence-corrected chi connectivity index (χ0v) is 7.55. The van der Waals surface area contributed by atoms with Crippen molar-refractivity contribution in [1.82, 2.24) is 10.4 Å². The molecule has 1 aromatic rings. The topological polar surface area (TPSA) is 74.8 Å². The third kappa shape index (κ3) is 1.59. The Hall–Kier alpha value is -1.26. The zero-order chi connectivity index (χ0) is 9.42. The molecule has 1 atom stereocenters. The summed E-state index contributed by atoms with van der Waals surface area (Å²) < 4.78 is 0. The van der Waals surface area contributed by atoms with Crippen molar-refractivity contribution in [3.63, 3.8) is 0 Å². The summed E-state index contributed by atoms with van der Waals surface area (Å²) in [4.78, 5) is 0. The van der Waals surface area contributed by atoms with E-state index in [0.717, 1.165) is 5.56 Å². The molecule has 0 saturated carbocycles. The van der Waals surface area contributed by atoms with Gasteiger partial charge in [0.2, 0.25) is 5.96 Å². The van der Waals surface area contributed by atoms with Crippen LogP contribution in [0.3, 0.4) is 0 Å². The predicted molar refractivity (Wildman–Crippen MR) is 51.1 cm³/mol. The van der Waals surface area contributed by atoms with Crippen LogP contribution in [-0.2, 0) is 0 Å². The number of benzene rings is 1. The van der Waals surface area contributed by atoms with Crippen molar-refractivity contribution in [2.75, 3.05) is 0 Å². The van der Waals surface area contributed by atoms with E-state index in [1.54, 1.807) is 5.01 Å². The van der Waals surface area contributed by atoms with Gasteiger partial charge in [-0.15, -0.1) is 0 Å². The van der Waals surface area contributed by atoms with Crippen molar-refractivity contribution in [2.45, 2.75) is 6.17 Å². The van der Waals surface area contributed by atoms with E-state index >= 15 is 0 Å². The lowest BCUT2D eigenvalue weighted by atomic mass is 10.2. The summed E-state index contributed by atoms with van der Waals surface area (Å²) in [5.41, 5.74) is 9.28. The zero-order valence-electron chi connectivity index (χ0n) is 6.79. The van der Waals surface area contributed by atoms with Crippen molar-refractivity contribution < 1.29 is 0 Å². The Morgan fingerprint density at radius 1 is 1.46 bits per heavy atom. The van der Waals surface area contributed by atoms with Gasteiger partial charge in [-0.25, -0.2) is 5.43 Å². The molecule has 4 N–H and O–H groups in total. The van der Waals surface area contributed by atoms with Crippen LogP contribution in [0.2, 0.25) is 5.02 Å². The van der Waals surface area contributed by atoms with Crippen molar-refractivity contribution in [2.24, 2.45) is 5.73 Å². The lowest BCUT2D eigenvalue weighted by molar-refractivity contribution is 0.707. The van der Waals surface area contributed by atoms with E-state index in [1.807, 2.05) is 24.3 Å². The summed E-state index contributed by atoms with van der Waals surface area (Å²) in [6, 6.07) is 7.44. The van der Waals surface area contributed by atoms with E-state index < -0.39 is 0 Å². The average Bonchev–Trinajstić information content (AvgIpc) is 2.85. The largest absolute Gasteiger partial charge is 0.369 e. The molecule has 68 valence electrons. The van der Waals surface area contributed by atoms with Crippen molar-refractivity contribution in [1.29, 1.82) is 5.41 Å². The van der Waals surface area contributed by atoms with E-state index in [1.165, 1.54) is 0 Å². The van der Waals surface area contributed by atoms with Gasteiger partial charge in [-0.05, 0) is 17.7 Å². The number of hydrogen-bond acceptors (Lipinski definition) is 2. The molecule has 5 heteroatoms. The standard InChI is InChI=1S/C8H9ClN4/c9-6-3-1-5(2-4-6)7-12-13(7)8(10)11/h1-4,7,12H,(H3,10,11). The first-order valence-electron chi connectivity index (χ1n) is 3.83. The Morgan fingerprint density at radius 3 is 2.54 bits per heavy atom. The molecule has 1 heterocycles. The number of hydrazine groups is 1. The molecule has 0 radical (unpaired) electrons.